The quantitative estimate of drug-likeness (QED) is 0.576. The summed E-state index contributed by atoms with van der Waals surface area (Å²) in [6.07, 6.45) is 6.92. The number of anilines is 1. The van der Waals surface area contributed by atoms with Gasteiger partial charge < -0.3 is 14.5 Å². The molecule has 1 atom stereocenters. The highest BCUT2D eigenvalue weighted by Crippen LogP contribution is 2.42. The minimum absolute atomic E-state index is 0.0269. The third-order valence-electron chi connectivity index (χ3n) is 6.80. The molecule has 0 aliphatic carbocycles. The number of amides is 1. The van der Waals surface area contributed by atoms with Crippen molar-refractivity contribution in [3.8, 4) is 5.75 Å². The first-order chi connectivity index (χ1) is 15.6. The van der Waals surface area contributed by atoms with Crippen LogP contribution in [0.25, 0.3) is 10.9 Å². The van der Waals surface area contributed by atoms with Crippen molar-refractivity contribution < 1.29 is 9.53 Å². The topological polar surface area (TPSA) is 58.6 Å². The van der Waals surface area contributed by atoms with Gasteiger partial charge in [0.25, 0.3) is 5.91 Å². The summed E-state index contributed by atoms with van der Waals surface area (Å²) in [5.74, 6) is 1.67. The molecular formula is C25H27ClN4O2. The molecule has 0 radical (unpaired) electrons. The number of hydrogen-bond acceptors (Lipinski definition) is 5. The molecule has 2 fully saturated rings. The Kier molecular flexibility index (Phi) is 5.87. The second-order valence-electron chi connectivity index (χ2n) is 8.67. The Morgan fingerprint density at radius 2 is 1.84 bits per heavy atom. The predicted octanol–water partition coefficient (Wildman–Crippen LogP) is 4.71. The molecule has 7 heteroatoms. The molecule has 6 nitrogen and oxygen atoms in total. The number of halogens is 1. The third kappa shape index (κ3) is 4.11. The fraction of sp³-hybridized carbons (Fsp3) is 0.400. The number of ether oxygens (including phenoxy) is 1. The van der Waals surface area contributed by atoms with Crippen molar-refractivity contribution in [3.63, 3.8) is 0 Å². The number of likely N-dealkylation sites (tertiary alicyclic amines) is 1. The summed E-state index contributed by atoms with van der Waals surface area (Å²) in [5.41, 5.74) is 1.02. The second-order valence-corrected chi connectivity index (χ2v) is 9.11. The summed E-state index contributed by atoms with van der Waals surface area (Å²) in [6, 6.07) is 15.4. The molecule has 3 aromatic rings. The lowest BCUT2D eigenvalue weighted by atomic mass is 9.87. The maximum absolute atomic E-state index is 12.9. The third-order valence-corrected chi connectivity index (χ3v) is 7.04. The lowest BCUT2D eigenvalue weighted by Crippen LogP contribution is -2.45. The van der Waals surface area contributed by atoms with Gasteiger partial charge >= 0.3 is 0 Å². The fourth-order valence-electron chi connectivity index (χ4n) is 5.22. The molecule has 0 unspecified atom stereocenters. The number of benzene rings is 2. The first kappa shape index (κ1) is 21.0. The van der Waals surface area contributed by atoms with Gasteiger partial charge in [-0.2, -0.15) is 0 Å². The van der Waals surface area contributed by atoms with Crippen LogP contribution in [0.3, 0.4) is 0 Å². The number of hydrogen-bond donors (Lipinski definition) is 0. The summed E-state index contributed by atoms with van der Waals surface area (Å²) in [4.78, 5) is 26.5. The van der Waals surface area contributed by atoms with E-state index in [0.29, 0.717) is 10.8 Å². The van der Waals surface area contributed by atoms with Crippen LogP contribution in [0.15, 0.2) is 54.9 Å². The van der Waals surface area contributed by atoms with E-state index < -0.39 is 0 Å². The summed E-state index contributed by atoms with van der Waals surface area (Å²) in [7, 11) is 0. The second kappa shape index (κ2) is 8.94. The average Bonchev–Trinajstić information content (AvgIpc) is 3.09. The Morgan fingerprint density at radius 1 is 1.00 bits per heavy atom. The van der Waals surface area contributed by atoms with Gasteiger partial charge in [0, 0.05) is 35.6 Å². The standard InChI is InChI=1S/C25H27ClN4O2/c26-19-6-3-7-20(16-19)32-17-23(31)29-13-4-10-25(12-15-29)11-5-14-30(25)24-21-8-1-2-9-22(21)27-18-28-24/h1-3,6-9,16,18H,4-5,10-15,17H2/t25-/m1/s1. The van der Waals surface area contributed by atoms with Crippen molar-refractivity contribution in [2.75, 3.05) is 31.1 Å². The predicted molar refractivity (Wildman–Crippen MR) is 126 cm³/mol. The van der Waals surface area contributed by atoms with Crippen LogP contribution in [0.4, 0.5) is 5.82 Å². The maximum Gasteiger partial charge on any atom is 0.260 e. The molecule has 2 aliphatic rings. The van der Waals surface area contributed by atoms with Gasteiger partial charge in [0.05, 0.1) is 5.52 Å². The first-order valence-corrected chi connectivity index (χ1v) is 11.7. The van der Waals surface area contributed by atoms with E-state index >= 15 is 0 Å². The van der Waals surface area contributed by atoms with Crippen molar-refractivity contribution in [1.29, 1.82) is 0 Å². The van der Waals surface area contributed by atoms with Gasteiger partial charge in [0.1, 0.15) is 17.9 Å². The number of aromatic nitrogens is 2. The van der Waals surface area contributed by atoms with E-state index in [0.717, 1.165) is 68.5 Å². The zero-order chi connectivity index (χ0) is 22.0. The van der Waals surface area contributed by atoms with E-state index in [4.69, 9.17) is 21.3 Å². The van der Waals surface area contributed by atoms with E-state index in [1.807, 2.05) is 35.2 Å². The molecular weight excluding hydrogens is 424 g/mol. The Bertz CT molecular complexity index is 1120. The van der Waals surface area contributed by atoms with Crippen LogP contribution in [0.2, 0.25) is 5.02 Å². The number of carbonyl (C=O) groups excluding carboxylic acids is 1. The van der Waals surface area contributed by atoms with Gasteiger partial charge in [-0.1, -0.05) is 29.8 Å². The molecule has 3 heterocycles. The van der Waals surface area contributed by atoms with Gasteiger partial charge in [-0.15, -0.1) is 0 Å². The number of carbonyl (C=O) groups is 1. The highest BCUT2D eigenvalue weighted by Gasteiger charge is 2.43. The smallest absolute Gasteiger partial charge is 0.260 e. The van der Waals surface area contributed by atoms with Crippen molar-refractivity contribution >= 4 is 34.2 Å². The Labute approximate surface area is 193 Å². The molecule has 0 bridgehead atoms. The van der Waals surface area contributed by atoms with E-state index in [-0.39, 0.29) is 18.1 Å². The molecule has 2 aromatic carbocycles. The fourth-order valence-corrected chi connectivity index (χ4v) is 5.40. The molecule has 1 aromatic heterocycles. The lowest BCUT2D eigenvalue weighted by molar-refractivity contribution is -0.133. The Balaban J connectivity index is 1.30. The first-order valence-electron chi connectivity index (χ1n) is 11.3. The molecule has 0 saturated carbocycles. The molecule has 1 amide bonds. The van der Waals surface area contributed by atoms with Crippen LogP contribution in [0, 0.1) is 0 Å². The zero-order valence-corrected chi connectivity index (χ0v) is 18.8. The zero-order valence-electron chi connectivity index (χ0n) is 18.0. The summed E-state index contributed by atoms with van der Waals surface area (Å²) in [6.45, 7) is 2.52. The van der Waals surface area contributed by atoms with Gasteiger partial charge in [0.2, 0.25) is 0 Å². The summed E-state index contributed by atoms with van der Waals surface area (Å²) in [5, 5.41) is 1.70. The maximum atomic E-state index is 12.9. The average molecular weight is 451 g/mol. The van der Waals surface area contributed by atoms with Crippen molar-refractivity contribution in [1.82, 2.24) is 14.9 Å². The highest BCUT2D eigenvalue weighted by atomic mass is 35.5. The number of rotatable bonds is 4. The van der Waals surface area contributed by atoms with E-state index in [1.54, 1.807) is 18.5 Å². The minimum Gasteiger partial charge on any atom is -0.484 e. The number of nitrogens with zero attached hydrogens (tertiary/aromatic N) is 4. The molecule has 166 valence electrons. The molecule has 5 rings (SSSR count). The van der Waals surface area contributed by atoms with Crippen LogP contribution in [0.5, 0.6) is 5.75 Å². The SMILES string of the molecule is O=C(COc1cccc(Cl)c1)N1CCC[C@@]2(CCCN2c2ncnc3ccccc23)CC1. The highest BCUT2D eigenvalue weighted by molar-refractivity contribution is 6.30. The van der Waals surface area contributed by atoms with Gasteiger partial charge in [0.15, 0.2) is 6.61 Å². The normalized spacial score (nSPS) is 21.2. The Morgan fingerprint density at radius 3 is 2.72 bits per heavy atom. The summed E-state index contributed by atoms with van der Waals surface area (Å²) < 4.78 is 5.70. The monoisotopic (exact) mass is 450 g/mol. The Hall–Kier alpha value is -2.86. The van der Waals surface area contributed by atoms with Crippen LogP contribution >= 0.6 is 11.6 Å². The van der Waals surface area contributed by atoms with Crippen LogP contribution < -0.4 is 9.64 Å². The molecule has 1 spiro atoms. The van der Waals surface area contributed by atoms with Crippen molar-refractivity contribution in [3.05, 3.63) is 59.9 Å². The van der Waals surface area contributed by atoms with E-state index in [2.05, 4.69) is 16.0 Å². The van der Waals surface area contributed by atoms with Crippen molar-refractivity contribution in [2.24, 2.45) is 0 Å². The minimum atomic E-state index is 0.0269. The van der Waals surface area contributed by atoms with Gasteiger partial charge in [-0.25, -0.2) is 9.97 Å². The van der Waals surface area contributed by atoms with Crippen LogP contribution in [-0.4, -0.2) is 52.6 Å². The summed E-state index contributed by atoms with van der Waals surface area (Å²) >= 11 is 6.01. The molecule has 32 heavy (non-hydrogen) atoms. The largest absolute Gasteiger partial charge is 0.484 e. The van der Waals surface area contributed by atoms with E-state index in [9.17, 15) is 4.79 Å². The lowest BCUT2D eigenvalue weighted by Gasteiger charge is -2.39. The number of para-hydroxylation sites is 1. The van der Waals surface area contributed by atoms with Crippen LogP contribution in [0.1, 0.15) is 32.1 Å². The molecule has 2 saturated heterocycles. The van der Waals surface area contributed by atoms with Gasteiger partial charge in [-0.3, -0.25) is 4.79 Å². The van der Waals surface area contributed by atoms with Gasteiger partial charge in [-0.05, 0) is 62.4 Å². The van der Waals surface area contributed by atoms with Crippen molar-refractivity contribution in [2.45, 2.75) is 37.6 Å². The van der Waals surface area contributed by atoms with E-state index in [1.165, 1.54) is 0 Å². The molecule has 0 N–H and O–H groups in total. The van der Waals surface area contributed by atoms with Crippen LogP contribution in [-0.2, 0) is 4.79 Å². The molecule has 2 aliphatic heterocycles. The number of fused-ring (bicyclic) bond motifs is 1.